The van der Waals surface area contributed by atoms with Gasteiger partial charge in [-0.25, -0.2) is 14.3 Å². The molecule has 4 N–H and O–H groups in total. The van der Waals surface area contributed by atoms with Crippen molar-refractivity contribution in [3.63, 3.8) is 0 Å². The van der Waals surface area contributed by atoms with Crippen LogP contribution in [0.25, 0.3) is 23.2 Å². The summed E-state index contributed by atoms with van der Waals surface area (Å²) in [6.45, 7) is 0. The maximum Gasteiger partial charge on any atom is 0.466 e. The van der Waals surface area contributed by atoms with Gasteiger partial charge in [-0.05, 0) is 36.4 Å². The maximum absolute atomic E-state index is 11.9. The molecule has 1 heterocycles. The van der Waals surface area contributed by atoms with Crippen LogP contribution in [0.1, 0.15) is 21.7 Å². The van der Waals surface area contributed by atoms with Gasteiger partial charge in [-0.15, -0.1) is 0 Å². The molecule has 0 aliphatic carbocycles. The molecule has 32 heavy (non-hydrogen) atoms. The predicted octanol–water partition coefficient (Wildman–Crippen LogP) is 2.62. The number of ether oxygens (including phenoxy) is 4. The summed E-state index contributed by atoms with van der Waals surface area (Å²) in [5.41, 5.74) is 2.51. The van der Waals surface area contributed by atoms with Crippen molar-refractivity contribution in [2.45, 2.75) is 0 Å². The van der Waals surface area contributed by atoms with Crippen molar-refractivity contribution in [2.24, 2.45) is 0 Å². The fourth-order valence-corrected chi connectivity index (χ4v) is 2.83. The minimum atomic E-state index is -4.64. The second kappa shape index (κ2) is 10.8. The number of para-hydroxylation sites is 1. The van der Waals surface area contributed by atoms with Gasteiger partial charge in [0.2, 0.25) is 5.75 Å². The summed E-state index contributed by atoms with van der Waals surface area (Å²) in [6, 6.07) is 8.97. The highest BCUT2D eigenvalue weighted by Gasteiger charge is 2.15. The molecule has 0 unspecified atom stereocenters. The number of methoxy groups -OCH3 is 4. The molecule has 0 fully saturated rings. The summed E-state index contributed by atoms with van der Waals surface area (Å²) in [4.78, 5) is 41.1. The Kier molecular flexibility index (Phi) is 8.39. The zero-order valence-electron chi connectivity index (χ0n) is 17.7. The number of nitrogens with one attached hydrogen (secondary N) is 1. The van der Waals surface area contributed by atoms with Gasteiger partial charge in [0.1, 0.15) is 11.3 Å². The number of aromatic nitrogens is 2. The molecule has 3 rings (SSSR count). The van der Waals surface area contributed by atoms with Crippen LogP contribution in [-0.2, 0) is 9.30 Å². The van der Waals surface area contributed by atoms with Gasteiger partial charge in [0.05, 0.1) is 39.5 Å². The topological polar surface area (TPSA) is 160 Å². The molecule has 0 saturated carbocycles. The highest BCUT2D eigenvalue weighted by atomic mass is 31.2. The second-order valence-corrected chi connectivity index (χ2v) is 7.11. The van der Waals surface area contributed by atoms with Gasteiger partial charge in [0.15, 0.2) is 11.5 Å². The number of phosphoric acid groups is 1. The smallest absolute Gasteiger partial charge is 0.466 e. The first kappa shape index (κ1) is 24.9. The average molecular weight is 466 g/mol. The number of benzene rings is 2. The molecular formula is C20H23N2O9P. The first-order chi connectivity index (χ1) is 15.1. The highest BCUT2D eigenvalue weighted by molar-refractivity contribution is 7.45. The summed E-state index contributed by atoms with van der Waals surface area (Å²) >= 11 is 0. The van der Waals surface area contributed by atoms with E-state index in [9.17, 15) is 4.79 Å². The Bertz CT molecular complexity index is 1160. The van der Waals surface area contributed by atoms with Gasteiger partial charge < -0.3 is 38.6 Å². The molecule has 0 aliphatic heterocycles. The molecule has 0 amide bonds. The highest BCUT2D eigenvalue weighted by Crippen LogP contribution is 2.40. The van der Waals surface area contributed by atoms with Crippen molar-refractivity contribution in [2.75, 3.05) is 28.4 Å². The number of esters is 1. The van der Waals surface area contributed by atoms with E-state index in [4.69, 9.17) is 38.2 Å². The number of aromatic amines is 1. The number of rotatable bonds is 6. The van der Waals surface area contributed by atoms with Crippen molar-refractivity contribution in [1.82, 2.24) is 9.97 Å². The molecule has 0 spiro atoms. The first-order valence-corrected chi connectivity index (χ1v) is 10.5. The van der Waals surface area contributed by atoms with Crippen LogP contribution in [0.3, 0.4) is 0 Å². The van der Waals surface area contributed by atoms with E-state index in [1.165, 1.54) is 7.11 Å². The number of fused-ring (bicyclic) bond motifs is 1. The number of nitrogens with zero attached hydrogens (tertiary/aromatic N) is 1. The number of carbonyl (C=O) groups is 1. The summed E-state index contributed by atoms with van der Waals surface area (Å²) in [5, 5.41) is 0. The van der Waals surface area contributed by atoms with Crippen LogP contribution in [0, 0.1) is 0 Å². The van der Waals surface area contributed by atoms with Gasteiger partial charge in [-0.3, -0.25) is 0 Å². The van der Waals surface area contributed by atoms with Crippen LogP contribution in [0.4, 0.5) is 0 Å². The fourth-order valence-electron chi connectivity index (χ4n) is 2.83. The van der Waals surface area contributed by atoms with E-state index in [2.05, 4.69) is 9.97 Å². The number of imidazole rings is 1. The number of H-pyrrole nitrogens is 1. The van der Waals surface area contributed by atoms with Gasteiger partial charge in [-0.1, -0.05) is 6.07 Å². The molecular weight excluding hydrogens is 443 g/mol. The number of hydrogen-bond acceptors (Lipinski definition) is 7. The zero-order chi connectivity index (χ0) is 23.9. The van der Waals surface area contributed by atoms with Crippen molar-refractivity contribution in [3.8, 4) is 17.2 Å². The second-order valence-electron chi connectivity index (χ2n) is 6.09. The maximum atomic E-state index is 11.9. The van der Waals surface area contributed by atoms with E-state index >= 15 is 0 Å². The van der Waals surface area contributed by atoms with E-state index in [0.717, 1.165) is 11.1 Å². The molecule has 12 heteroatoms. The summed E-state index contributed by atoms with van der Waals surface area (Å²) in [7, 11) is 1.40. The molecule has 1 aromatic heterocycles. The fraction of sp³-hybridized carbons (Fsp3) is 0.200. The van der Waals surface area contributed by atoms with Crippen molar-refractivity contribution >= 4 is 37.0 Å². The van der Waals surface area contributed by atoms with Crippen molar-refractivity contribution in [1.29, 1.82) is 0 Å². The van der Waals surface area contributed by atoms with Crippen molar-refractivity contribution in [3.05, 3.63) is 47.3 Å². The molecule has 0 bridgehead atoms. The lowest BCUT2D eigenvalue weighted by molar-refractivity contribution is 0.0602. The van der Waals surface area contributed by atoms with Crippen LogP contribution in [0.15, 0.2) is 30.3 Å². The number of carbonyl (C=O) groups excluding carboxylic acids is 1. The van der Waals surface area contributed by atoms with E-state index in [0.29, 0.717) is 34.2 Å². The first-order valence-electron chi connectivity index (χ1n) is 8.95. The normalized spacial score (nSPS) is 11.1. The third-order valence-electron chi connectivity index (χ3n) is 4.09. The summed E-state index contributed by atoms with van der Waals surface area (Å²) in [6.07, 6.45) is 3.64. The van der Waals surface area contributed by atoms with Crippen LogP contribution in [0.2, 0.25) is 0 Å². The molecule has 172 valence electrons. The van der Waals surface area contributed by atoms with E-state index < -0.39 is 13.8 Å². The minimum absolute atomic E-state index is 0.412. The van der Waals surface area contributed by atoms with Gasteiger partial charge >= 0.3 is 13.8 Å². The van der Waals surface area contributed by atoms with E-state index in [-0.39, 0.29) is 0 Å². The third kappa shape index (κ3) is 6.32. The Morgan fingerprint density at radius 2 is 1.62 bits per heavy atom. The predicted molar refractivity (Wildman–Crippen MR) is 117 cm³/mol. The Morgan fingerprint density at radius 1 is 0.969 bits per heavy atom. The lowest BCUT2D eigenvalue weighted by Gasteiger charge is -2.13. The van der Waals surface area contributed by atoms with Crippen LogP contribution >= 0.6 is 7.82 Å². The Balaban J connectivity index is 0.000000654. The standard InChI is InChI=1S/C20H20N2O5.H3O4P/c1-24-15-10-8-12(18(25-2)19(15)26-3)9-11-16-21-14-7-5-6-13(17(14)22-16)20(23)27-4;1-5(2,3)4/h5-11H,1-4H3,(H,21,22);(H3,1,2,3,4)/b11-9+;. The van der Waals surface area contributed by atoms with E-state index in [1.54, 1.807) is 45.6 Å². The summed E-state index contributed by atoms with van der Waals surface area (Å²) < 4.78 is 29.8. The summed E-state index contributed by atoms with van der Waals surface area (Å²) in [5.74, 6) is 1.82. The van der Waals surface area contributed by atoms with Crippen LogP contribution in [-0.4, -0.2) is 59.1 Å². The Hall–Kier alpha value is -3.37. The number of hydrogen-bond donors (Lipinski definition) is 4. The minimum Gasteiger partial charge on any atom is -0.493 e. The molecule has 0 atom stereocenters. The molecule has 2 aromatic carbocycles. The zero-order valence-corrected chi connectivity index (χ0v) is 18.6. The molecule has 11 nitrogen and oxygen atoms in total. The van der Waals surface area contributed by atoms with Gasteiger partial charge in [-0.2, -0.15) is 0 Å². The molecule has 0 radical (unpaired) electrons. The lowest BCUT2D eigenvalue weighted by atomic mass is 10.1. The van der Waals surface area contributed by atoms with Crippen LogP contribution < -0.4 is 14.2 Å². The Labute approximate surface area is 183 Å². The lowest BCUT2D eigenvalue weighted by Crippen LogP contribution is -2.01. The van der Waals surface area contributed by atoms with Gasteiger partial charge in [0, 0.05) is 5.56 Å². The van der Waals surface area contributed by atoms with Gasteiger partial charge in [0.25, 0.3) is 0 Å². The van der Waals surface area contributed by atoms with Crippen LogP contribution in [0.5, 0.6) is 17.2 Å². The van der Waals surface area contributed by atoms with Crippen molar-refractivity contribution < 1.29 is 43.0 Å². The molecule has 3 aromatic rings. The molecule has 0 saturated heterocycles. The largest absolute Gasteiger partial charge is 0.493 e. The Morgan fingerprint density at radius 3 is 2.19 bits per heavy atom. The quantitative estimate of drug-likeness (QED) is 0.314. The third-order valence-corrected chi connectivity index (χ3v) is 4.09. The monoisotopic (exact) mass is 466 g/mol. The average Bonchev–Trinajstić information content (AvgIpc) is 3.18. The SMILES string of the molecule is COC(=O)c1cccc2[nH]c(/C=C/c3ccc(OC)c(OC)c3OC)nc12.O=P(O)(O)O. The van der Waals surface area contributed by atoms with E-state index in [1.807, 2.05) is 18.2 Å². The molecule has 0 aliphatic rings.